The average Bonchev–Trinajstić information content (AvgIpc) is 2.30. The first-order chi connectivity index (χ1) is 7.99. The maximum Gasteiger partial charge on any atom is 0.159 e. The van der Waals surface area contributed by atoms with E-state index in [1.54, 1.807) is 0 Å². The third-order valence-electron chi connectivity index (χ3n) is 4.89. The van der Waals surface area contributed by atoms with Gasteiger partial charge in [-0.3, -0.25) is 4.79 Å². The van der Waals surface area contributed by atoms with E-state index < -0.39 is 0 Å². The van der Waals surface area contributed by atoms with Crippen LogP contribution in [0.2, 0.25) is 0 Å². The first kappa shape index (κ1) is 12.6. The summed E-state index contributed by atoms with van der Waals surface area (Å²) < 4.78 is 0. The van der Waals surface area contributed by atoms with Crippen molar-refractivity contribution in [3.05, 3.63) is 23.8 Å². The summed E-state index contributed by atoms with van der Waals surface area (Å²) in [5.41, 5.74) is 7.84. The Morgan fingerprint density at radius 1 is 1.65 bits per heavy atom. The number of ketones is 1. The fourth-order valence-electron chi connectivity index (χ4n) is 3.41. The monoisotopic (exact) mass is 233 g/mol. The van der Waals surface area contributed by atoms with E-state index in [0.29, 0.717) is 24.7 Å². The number of hydrogen-bond donors (Lipinski definition) is 1. The van der Waals surface area contributed by atoms with Crippen molar-refractivity contribution in [2.75, 3.05) is 6.54 Å². The average molecular weight is 233 g/mol. The molecule has 0 spiro atoms. The molecule has 2 heteroatoms. The molecule has 0 saturated heterocycles. The molecule has 2 aliphatic rings. The van der Waals surface area contributed by atoms with Crippen molar-refractivity contribution >= 4 is 5.78 Å². The van der Waals surface area contributed by atoms with Crippen molar-refractivity contribution in [1.29, 1.82) is 0 Å². The zero-order chi connectivity index (χ0) is 12.6. The Hall–Kier alpha value is -0.890. The van der Waals surface area contributed by atoms with Crippen molar-refractivity contribution in [3.63, 3.8) is 0 Å². The van der Waals surface area contributed by atoms with Crippen LogP contribution in [-0.2, 0) is 4.79 Å². The smallest absolute Gasteiger partial charge is 0.159 e. The van der Waals surface area contributed by atoms with Gasteiger partial charge in [-0.05, 0) is 42.1 Å². The summed E-state index contributed by atoms with van der Waals surface area (Å²) in [5.74, 6) is 1.19. The number of Topliss-reactive ketones (excluding diaryl/α,β-unsaturated/α-hetero) is 1. The van der Waals surface area contributed by atoms with Gasteiger partial charge in [0.25, 0.3) is 0 Å². The first-order valence-electron chi connectivity index (χ1n) is 6.60. The SMILES string of the molecule is C=C(CN)C1CC(=O)C2=CCCC(C)C2(C)C1. The number of carbonyl (C=O) groups excluding carboxylic acids is 1. The Kier molecular flexibility index (Phi) is 3.26. The van der Waals surface area contributed by atoms with Crippen LogP contribution in [0, 0.1) is 17.3 Å². The predicted molar refractivity (Wildman–Crippen MR) is 70.5 cm³/mol. The minimum absolute atomic E-state index is 0.0519. The van der Waals surface area contributed by atoms with Gasteiger partial charge >= 0.3 is 0 Å². The predicted octanol–water partition coefficient (Wildman–Crippen LogP) is 2.84. The Bertz CT molecular complexity index is 382. The Labute approximate surface area is 104 Å². The summed E-state index contributed by atoms with van der Waals surface area (Å²) >= 11 is 0. The van der Waals surface area contributed by atoms with E-state index in [4.69, 9.17) is 5.73 Å². The second-order valence-electron chi connectivity index (χ2n) is 5.90. The molecule has 0 aromatic heterocycles. The lowest BCUT2D eigenvalue weighted by molar-refractivity contribution is -0.120. The van der Waals surface area contributed by atoms with Gasteiger partial charge in [0.15, 0.2) is 5.78 Å². The van der Waals surface area contributed by atoms with E-state index in [0.717, 1.165) is 24.0 Å². The van der Waals surface area contributed by atoms with Crippen molar-refractivity contribution in [2.24, 2.45) is 23.0 Å². The first-order valence-corrected chi connectivity index (χ1v) is 6.60. The van der Waals surface area contributed by atoms with Crippen LogP contribution in [0.1, 0.15) is 39.5 Å². The maximum absolute atomic E-state index is 12.3. The minimum Gasteiger partial charge on any atom is -0.327 e. The van der Waals surface area contributed by atoms with Crippen LogP contribution in [0.25, 0.3) is 0 Å². The number of carbonyl (C=O) groups is 1. The van der Waals surface area contributed by atoms with Gasteiger partial charge in [-0.1, -0.05) is 32.1 Å². The van der Waals surface area contributed by atoms with Crippen LogP contribution in [0.5, 0.6) is 0 Å². The van der Waals surface area contributed by atoms with Crippen molar-refractivity contribution < 1.29 is 4.79 Å². The van der Waals surface area contributed by atoms with Gasteiger partial charge in [-0.25, -0.2) is 0 Å². The Morgan fingerprint density at radius 3 is 3.00 bits per heavy atom. The molecule has 3 atom stereocenters. The fourth-order valence-corrected chi connectivity index (χ4v) is 3.41. The van der Waals surface area contributed by atoms with Gasteiger partial charge in [-0.15, -0.1) is 0 Å². The van der Waals surface area contributed by atoms with Crippen molar-refractivity contribution in [2.45, 2.75) is 39.5 Å². The zero-order valence-corrected chi connectivity index (χ0v) is 11.0. The van der Waals surface area contributed by atoms with Crippen LogP contribution < -0.4 is 5.73 Å². The molecule has 2 nitrogen and oxygen atoms in total. The van der Waals surface area contributed by atoms with E-state index in [2.05, 4.69) is 26.5 Å². The summed E-state index contributed by atoms with van der Waals surface area (Å²) in [6.07, 6.45) is 6.07. The van der Waals surface area contributed by atoms with Crippen LogP contribution >= 0.6 is 0 Å². The normalized spacial score (nSPS) is 37.4. The molecule has 0 amide bonds. The molecule has 2 N–H and O–H groups in total. The Balaban J connectivity index is 2.31. The Morgan fingerprint density at radius 2 is 2.35 bits per heavy atom. The molecule has 94 valence electrons. The lowest BCUT2D eigenvalue weighted by atomic mass is 9.57. The van der Waals surface area contributed by atoms with E-state index in [-0.39, 0.29) is 11.3 Å². The maximum atomic E-state index is 12.3. The molecule has 3 unspecified atom stereocenters. The molecule has 17 heavy (non-hydrogen) atoms. The van der Waals surface area contributed by atoms with E-state index in [1.165, 1.54) is 6.42 Å². The van der Waals surface area contributed by atoms with E-state index >= 15 is 0 Å². The van der Waals surface area contributed by atoms with Gasteiger partial charge < -0.3 is 5.73 Å². The van der Waals surface area contributed by atoms with Gasteiger partial charge in [0, 0.05) is 13.0 Å². The molecular formula is C15H23NO. The van der Waals surface area contributed by atoms with Crippen LogP contribution in [0.3, 0.4) is 0 Å². The van der Waals surface area contributed by atoms with E-state index in [9.17, 15) is 4.79 Å². The summed E-state index contributed by atoms with van der Waals surface area (Å²) in [6.45, 7) is 9.05. The third kappa shape index (κ3) is 1.99. The lowest BCUT2D eigenvalue weighted by Gasteiger charge is -2.46. The van der Waals surface area contributed by atoms with Gasteiger partial charge in [0.05, 0.1) is 0 Å². The topological polar surface area (TPSA) is 43.1 Å². The van der Waals surface area contributed by atoms with Crippen molar-refractivity contribution in [3.8, 4) is 0 Å². The van der Waals surface area contributed by atoms with Crippen molar-refractivity contribution in [1.82, 2.24) is 0 Å². The van der Waals surface area contributed by atoms with Gasteiger partial charge in [0.1, 0.15) is 0 Å². The summed E-state index contributed by atoms with van der Waals surface area (Å²) in [5, 5.41) is 0. The molecule has 0 aromatic rings. The highest BCUT2D eigenvalue weighted by molar-refractivity contribution is 5.98. The standard InChI is InChI=1S/C15H23NO/c1-10(9-16)12-7-14(17)13-6-4-5-11(2)15(13,3)8-12/h6,11-12H,1,4-5,7-9,16H2,2-3H3. The number of allylic oxidation sites excluding steroid dienone is 2. The second-order valence-corrected chi connectivity index (χ2v) is 5.90. The van der Waals surface area contributed by atoms with Crippen LogP contribution in [-0.4, -0.2) is 12.3 Å². The lowest BCUT2D eigenvalue weighted by Crippen LogP contribution is -2.41. The minimum atomic E-state index is 0.0519. The molecule has 1 saturated carbocycles. The highest BCUT2D eigenvalue weighted by Gasteiger charge is 2.45. The van der Waals surface area contributed by atoms with Gasteiger partial charge in [0.2, 0.25) is 0 Å². The van der Waals surface area contributed by atoms with Gasteiger partial charge in [-0.2, -0.15) is 0 Å². The summed E-state index contributed by atoms with van der Waals surface area (Å²) in [7, 11) is 0. The fraction of sp³-hybridized carbons (Fsp3) is 0.667. The van der Waals surface area contributed by atoms with Crippen LogP contribution in [0.15, 0.2) is 23.8 Å². The molecule has 2 aliphatic carbocycles. The molecule has 0 bridgehead atoms. The number of hydrogen-bond acceptors (Lipinski definition) is 2. The molecule has 0 heterocycles. The number of rotatable bonds is 2. The third-order valence-corrected chi connectivity index (χ3v) is 4.89. The molecular weight excluding hydrogens is 210 g/mol. The zero-order valence-electron chi connectivity index (χ0n) is 11.0. The molecule has 0 aromatic carbocycles. The second kappa shape index (κ2) is 4.41. The highest BCUT2D eigenvalue weighted by Crippen LogP contribution is 2.51. The van der Waals surface area contributed by atoms with Crippen LogP contribution in [0.4, 0.5) is 0 Å². The molecule has 0 aliphatic heterocycles. The quantitative estimate of drug-likeness (QED) is 0.745. The molecule has 1 fully saturated rings. The molecule has 0 radical (unpaired) electrons. The number of nitrogens with two attached hydrogens (primary N) is 1. The number of fused-ring (bicyclic) bond motifs is 1. The summed E-state index contributed by atoms with van der Waals surface area (Å²) in [4.78, 5) is 12.3. The highest BCUT2D eigenvalue weighted by atomic mass is 16.1. The largest absolute Gasteiger partial charge is 0.327 e. The molecule has 2 rings (SSSR count). The summed E-state index contributed by atoms with van der Waals surface area (Å²) in [6, 6.07) is 0. The van der Waals surface area contributed by atoms with E-state index in [1.807, 2.05) is 0 Å².